The lowest BCUT2D eigenvalue weighted by molar-refractivity contribution is 0.102. The van der Waals surface area contributed by atoms with E-state index in [0.29, 0.717) is 5.56 Å². The van der Waals surface area contributed by atoms with E-state index in [1.807, 2.05) is 30.3 Å². The first-order chi connectivity index (χ1) is 9.70. The highest BCUT2D eigenvalue weighted by Gasteiger charge is 2.09. The first-order valence-electron chi connectivity index (χ1n) is 6.10. The van der Waals surface area contributed by atoms with E-state index in [1.165, 1.54) is 24.3 Å². The van der Waals surface area contributed by atoms with E-state index in [9.17, 15) is 9.18 Å². The van der Waals surface area contributed by atoms with Crippen molar-refractivity contribution in [1.82, 2.24) is 0 Å². The monoisotopic (exact) mass is 287 g/mol. The van der Waals surface area contributed by atoms with Crippen molar-refractivity contribution in [2.45, 2.75) is 4.90 Å². The number of benzene rings is 2. The van der Waals surface area contributed by atoms with Gasteiger partial charge in [0.05, 0.1) is 5.69 Å². The summed E-state index contributed by atoms with van der Waals surface area (Å²) in [5, 5.41) is 2.84. The summed E-state index contributed by atoms with van der Waals surface area (Å²) in [6, 6.07) is 13.0. The van der Waals surface area contributed by atoms with Gasteiger partial charge in [0.15, 0.2) is 0 Å². The van der Waals surface area contributed by atoms with Gasteiger partial charge in [0.25, 0.3) is 5.91 Å². The maximum Gasteiger partial charge on any atom is 0.255 e. The minimum atomic E-state index is -0.358. The number of nitrogens with one attached hydrogen (secondary N) is 1. The fourth-order valence-corrected chi connectivity index (χ4v) is 2.39. The molecule has 0 heterocycles. The zero-order valence-electron chi connectivity index (χ0n) is 10.8. The van der Waals surface area contributed by atoms with E-state index >= 15 is 0 Å². The van der Waals surface area contributed by atoms with Gasteiger partial charge >= 0.3 is 0 Å². The molecule has 0 bridgehead atoms. The maximum atomic E-state index is 12.8. The summed E-state index contributed by atoms with van der Waals surface area (Å²) in [7, 11) is 0. The van der Waals surface area contributed by atoms with Crippen LogP contribution >= 0.6 is 11.8 Å². The standard InChI is InChI=1S/C16H14FNOS/c1-2-11-20-15-6-4-3-5-14(15)18-16(19)12-7-9-13(17)10-8-12/h2-10H,1,11H2,(H,18,19). The van der Waals surface area contributed by atoms with Crippen molar-refractivity contribution in [1.29, 1.82) is 0 Å². The molecule has 20 heavy (non-hydrogen) atoms. The van der Waals surface area contributed by atoms with Crippen LogP contribution in [0.3, 0.4) is 0 Å². The predicted molar refractivity (Wildman–Crippen MR) is 81.7 cm³/mol. The Morgan fingerprint density at radius 2 is 1.90 bits per heavy atom. The number of anilines is 1. The molecule has 0 radical (unpaired) electrons. The molecule has 0 spiro atoms. The fraction of sp³-hybridized carbons (Fsp3) is 0.0625. The minimum Gasteiger partial charge on any atom is -0.321 e. The van der Waals surface area contributed by atoms with Crippen LogP contribution in [0, 0.1) is 5.82 Å². The Kier molecular flexibility index (Phi) is 4.96. The third-order valence-corrected chi connectivity index (χ3v) is 3.67. The Morgan fingerprint density at radius 1 is 1.20 bits per heavy atom. The SMILES string of the molecule is C=CCSc1ccccc1NC(=O)c1ccc(F)cc1. The van der Waals surface area contributed by atoms with E-state index in [-0.39, 0.29) is 11.7 Å². The highest BCUT2D eigenvalue weighted by molar-refractivity contribution is 7.99. The highest BCUT2D eigenvalue weighted by atomic mass is 32.2. The number of hydrogen-bond donors (Lipinski definition) is 1. The van der Waals surface area contributed by atoms with Crippen molar-refractivity contribution < 1.29 is 9.18 Å². The summed E-state index contributed by atoms with van der Waals surface area (Å²) < 4.78 is 12.8. The summed E-state index contributed by atoms with van der Waals surface area (Å²) >= 11 is 1.59. The highest BCUT2D eigenvalue weighted by Crippen LogP contribution is 2.27. The first-order valence-corrected chi connectivity index (χ1v) is 7.09. The molecule has 2 aromatic rings. The molecule has 0 saturated carbocycles. The lowest BCUT2D eigenvalue weighted by atomic mass is 10.2. The van der Waals surface area contributed by atoms with Gasteiger partial charge in [-0.2, -0.15) is 0 Å². The Labute approximate surface area is 121 Å². The number of carbonyl (C=O) groups excluding carboxylic acids is 1. The molecular weight excluding hydrogens is 273 g/mol. The van der Waals surface area contributed by atoms with E-state index in [0.717, 1.165) is 16.3 Å². The Bertz CT molecular complexity index is 610. The van der Waals surface area contributed by atoms with Crippen LogP contribution in [0.25, 0.3) is 0 Å². The Balaban J connectivity index is 2.15. The molecule has 0 saturated heterocycles. The Hall–Kier alpha value is -2.07. The second-order valence-electron chi connectivity index (χ2n) is 4.06. The van der Waals surface area contributed by atoms with Crippen molar-refractivity contribution >= 4 is 23.4 Å². The molecule has 0 unspecified atom stereocenters. The van der Waals surface area contributed by atoms with Crippen molar-refractivity contribution in [2.75, 3.05) is 11.1 Å². The van der Waals surface area contributed by atoms with E-state index in [2.05, 4.69) is 11.9 Å². The van der Waals surface area contributed by atoms with Gasteiger partial charge in [-0.05, 0) is 36.4 Å². The normalized spacial score (nSPS) is 10.1. The molecule has 0 aromatic heterocycles. The summed E-state index contributed by atoms with van der Waals surface area (Å²) in [6.45, 7) is 3.68. The van der Waals surface area contributed by atoms with Crippen molar-refractivity contribution in [3.8, 4) is 0 Å². The minimum absolute atomic E-state index is 0.253. The number of thioether (sulfide) groups is 1. The molecule has 1 N–H and O–H groups in total. The molecule has 0 atom stereocenters. The van der Waals surface area contributed by atoms with E-state index in [4.69, 9.17) is 0 Å². The van der Waals surface area contributed by atoms with Gasteiger partial charge in [-0.1, -0.05) is 18.2 Å². The van der Waals surface area contributed by atoms with Crippen LogP contribution in [0.5, 0.6) is 0 Å². The second kappa shape index (κ2) is 6.91. The zero-order valence-corrected chi connectivity index (χ0v) is 11.6. The van der Waals surface area contributed by atoms with Crippen LogP contribution in [0.2, 0.25) is 0 Å². The molecule has 4 heteroatoms. The van der Waals surface area contributed by atoms with Gasteiger partial charge in [-0.15, -0.1) is 18.3 Å². The van der Waals surface area contributed by atoms with Crippen LogP contribution in [0.1, 0.15) is 10.4 Å². The maximum absolute atomic E-state index is 12.8. The molecule has 0 aliphatic rings. The summed E-state index contributed by atoms with van der Waals surface area (Å²) in [6.07, 6.45) is 1.81. The largest absolute Gasteiger partial charge is 0.321 e. The van der Waals surface area contributed by atoms with Crippen LogP contribution in [0.15, 0.2) is 66.1 Å². The molecule has 2 rings (SSSR count). The van der Waals surface area contributed by atoms with E-state index < -0.39 is 0 Å². The molecule has 102 valence electrons. The third kappa shape index (κ3) is 3.71. The average Bonchev–Trinajstić information content (AvgIpc) is 2.47. The molecular formula is C16H14FNOS. The summed E-state index contributed by atoms with van der Waals surface area (Å²) in [5.74, 6) is 0.156. The smallest absolute Gasteiger partial charge is 0.255 e. The number of hydrogen-bond acceptors (Lipinski definition) is 2. The van der Waals surface area contributed by atoms with E-state index in [1.54, 1.807) is 11.8 Å². The van der Waals surface area contributed by atoms with Gasteiger partial charge in [-0.3, -0.25) is 4.79 Å². The van der Waals surface area contributed by atoms with Crippen LogP contribution in [-0.4, -0.2) is 11.7 Å². The van der Waals surface area contributed by atoms with Crippen molar-refractivity contribution in [3.05, 3.63) is 72.6 Å². The molecule has 2 aromatic carbocycles. The van der Waals surface area contributed by atoms with Gasteiger partial charge in [0.2, 0.25) is 0 Å². The van der Waals surface area contributed by atoms with Gasteiger partial charge < -0.3 is 5.32 Å². The van der Waals surface area contributed by atoms with Crippen LogP contribution in [0.4, 0.5) is 10.1 Å². The topological polar surface area (TPSA) is 29.1 Å². The molecule has 0 aliphatic carbocycles. The van der Waals surface area contributed by atoms with Gasteiger partial charge in [-0.25, -0.2) is 4.39 Å². The Morgan fingerprint density at radius 3 is 2.60 bits per heavy atom. The molecule has 0 fully saturated rings. The molecule has 1 amide bonds. The quantitative estimate of drug-likeness (QED) is 0.654. The summed E-state index contributed by atoms with van der Waals surface area (Å²) in [4.78, 5) is 13.1. The van der Waals surface area contributed by atoms with Crippen LogP contribution < -0.4 is 5.32 Å². The predicted octanol–water partition coefficient (Wildman–Crippen LogP) is 4.36. The van der Waals surface area contributed by atoms with Gasteiger partial charge in [0, 0.05) is 16.2 Å². The van der Waals surface area contributed by atoms with Gasteiger partial charge in [0.1, 0.15) is 5.82 Å². The van der Waals surface area contributed by atoms with Crippen LogP contribution in [-0.2, 0) is 0 Å². The molecule has 0 aliphatic heterocycles. The second-order valence-corrected chi connectivity index (χ2v) is 5.12. The number of carbonyl (C=O) groups is 1. The van der Waals surface area contributed by atoms with Crippen molar-refractivity contribution in [2.24, 2.45) is 0 Å². The third-order valence-electron chi connectivity index (χ3n) is 2.60. The first kappa shape index (κ1) is 14.3. The number of para-hydroxylation sites is 1. The lowest BCUT2D eigenvalue weighted by Gasteiger charge is -2.10. The number of amides is 1. The number of rotatable bonds is 5. The average molecular weight is 287 g/mol. The van der Waals surface area contributed by atoms with Crippen molar-refractivity contribution in [3.63, 3.8) is 0 Å². The molecule has 2 nitrogen and oxygen atoms in total. The zero-order chi connectivity index (χ0) is 14.4. The lowest BCUT2D eigenvalue weighted by Crippen LogP contribution is -2.12. The number of halogens is 1. The summed E-state index contributed by atoms with van der Waals surface area (Å²) in [5.41, 5.74) is 1.17. The fourth-order valence-electron chi connectivity index (χ4n) is 1.64.